The average molecular weight is 377 g/mol. The van der Waals surface area contributed by atoms with Gasteiger partial charge >= 0.3 is 0 Å². The number of allylic oxidation sites excluding steroid dienone is 1. The van der Waals surface area contributed by atoms with E-state index in [2.05, 4.69) is 40.4 Å². The van der Waals surface area contributed by atoms with Gasteiger partial charge in [-0.05, 0) is 42.2 Å². The van der Waals surface area contributed by atoms with Crippen molar-refractivity contribution >= 4 is 28.3 Å². The van der Waals surface area contributed by atoms with Crippen molar-refractivity contribution in [2.24, 2.45) is 5.92 Å². The zero-order valence-electron chi connectivity index (χ0n) is 15.0. The molecule has 1 aliphatic heterocycles. The minimum atomic E-state index is -0.125. The molecular formula is C21H19N3O2S. The quantitative estimate of drug-likeness (QED) is 0.685. The smallest absolute Gasteiger partial charge is 0.256 e. The van der Waals surface area contributed by atoms with Crippen LogP contribution in [0.25, 0.3) is 4.91 Å². The number of hydrogen-bond acceptors (Lipinski definition) is 5. The first-order chi connectivity index (χ1) is 13.1. The summed E-state index contributed by atoms with van der Waals surface area (Å²) < 4.78 is 5.41. The van der Waals surface area contributed by atoms with Crippen molar-refractivity contribution in [2.75, 3.05) is 5.32 Å². The maximum absolute atomic E-state index is 12.4. The summed E-state index contributed by atoms with van der Waals surface area (Å²) in [6.07, 6.45) is 8.74. The van der Waals surface area contributed by atoms with Crippen LogP contribution < -0.4 is 5.32 Å². The van der Waals surface area contributed by atoms with E-state index < -0.39 is 0 Å². The lowest BCUT2D eigenvalue weighted by atomic mass is 10.00. The molecule has 2 aromatic heterocycles. The van der Waals surface area contributed by atoms with Crippen LogP contribution in [0.3, 0.4) is 0 Å². The summed E-state index contributed by atoms with van der Waals surface area (Å²) in [6.45, 7) is 4.08. The van der Waals surface area contributed by atoms with Gasteiger partial charge in [-0.2, -0.15) is 0 Å². The Kier molecular flexibility index (Phi) is 4.81. The second-order valence-electron chi connectivity index (χ2n) is 6.56. The normalized spacial score (nSPS) is 19.0. The number of aryl methyl sites for hydroxylation is 1. The molecule has 27 heavy (non-hydrogen) atoms. The van der Waals surface area contributed by atoms with E-state index in [1.54, 1.807) is 36.4 Å². The monoisotopic (exact) mass is 377 g/mol. The summed E-state index contributed by atoms with van der Waals surface area (Å²) in [5.74, 6) is 1.07. The predicted molar refractivity (Wildman–Crippen MR) is 107 cm³/mol. The van der Waals surface area contributed by atoms with Gasteiger partial charge in [0, 0.05) is 33.8 Å². The highest BCUT2D eigenvalue weighted by Gasteiger charge is 2.28. The van der Waals surface area contributed by atoms with Gasteiger partial charge in [0.1, 0.15) is 0 Å². The fourth-order valence-electron chi connectivity index (χ4n) is 3.14. The van der Waals surface area contributed by atoms with E-state index in [0.29, 0.717) is 16.7 Å². The predicted octanol–water partition coefficient (Wildman–Crippen LogP) is 5.10. The van der Waals surface area contributed by atoms with Crippen molar-refractivity contribution in [1.82, 2.24) is 9.97 Å². The number of nitrogens with one attached hydrogen (secondary N) is 1. The number of pyridine rings is 1. The van der Waals surface area contributed by atoms with Crippen molar-refractivity contribution in [2.45, 2.75) is 19.1 Å². The molecule has 0 aliphatic carbocycles. The fourth-order valence-corrected chi connectivity index (χ4v) is 4.51. The molecule has 2 unspecified atom stereocenters. The highest BCUT2D eigenvalue weighted by Crippen LogP contribution is 2.51. The first-order valence-electron chi connectivity index (χ1n) is 8.71. The molecule has 1 aromatic carbocycles. The zero-order valence-corrected chi connectivity index (χ0v) is 15.9. The number of carbonyl (C=O) groups excluding carboxylic acids is 1. The number of anilines is 1. The van der Waals surface area contributed by atoms with Crippen molar-refractivity contribution in [3.05, 3.63) is 83.8 Å². The van der Waals surface area contributed by atoms with Gasteiger partial charge in [-0.3, -0.25) is 9.78 Å². The number of hydrogen-bond donors (Lipinski definition) is 1. The minimum absolute atomic E-state index is 0.125. The van der Waals surface area contributed by atoms with Gasteiger partial charge in [0.15, 0.2) is 12.2 Å². The third-order valence-corrected chi connectivity index (χ3v) is 6.13. The summed E-state index contributed by atoms with van der Waals surface area (Å²) in [6, 6.07) is 9.76. The Bertz CT molecular complexity index is 981. The first-order valence-corrected chi connectivity index (χ1v) is 9.59. The second kappa shape index (κ2) is 7.40. The molecule has 0 saturated heterocycles. The highest BCUT2D eigenvalue weighted by atomic mass is 32.2. The van der Waals surface area contributed by atoms with Crippen LogP contribution in [0, 0.1) is 12.8 Å². The summed E-state index contributed by atoms with van der Waals surface area (Å²) in [5, 5.41) is 3.27. The molecule has 0 spiro atoms. The van der Waals surface area contributed by atoms with Gasteiger partial charge < -0.3 is 9.73 Å². The number of thioether (sulfide) groups is 1. The SMILES string of the molecule is Cc1cnccc1C(=O)Nc1ccc(C2SC(c3cnco3)=CC2C)cc1. The Morgan fingerprint density at radius 2 is 1.96 bits per heavy atom. The Morgan fingerprint density at radius 1 is 1.15 bits per heavy atom. The summed E-state index contributed by atoms with van der Waals surface area (Å²) in [5.41, 5.74) is 3.49. The van der Waals surface area contributed by atoms with Crippen LogP contribution in [0.4, 0.5) is 5.69 Å². The minimum Gasteiger partial charge on any atom is -0.443 e. The molecule has 1 amide bonds. The Balaban J connectivity index is 1.45. The standard InChI is InChI=1S/C21H19N3O2S/c1-13-9-19(18-11-23-12-26-18)27-20(13)15-3-5-16(6-4-15)24-21(25)17-7-8-22-10-14(17)2/h3-13,20H,1-2H3,(H,24,25). The number of oxazole rings is 1. The Labute approximate surface area is 161 Å². The lowest BCUT2D eigenvalue weighted by molar-refractivity contribution is 0.102. The molecule has 136 valence electrons. The van der Waals surface area contributed by atoms with Crippen LogP contribution in [-0.4, -0.2) is 15.9 Å². The van der Waals surface area contributed by atoms with Crippen molar-refractivity contribution in [1.29, 1.82) is 0 Å². The molecule has 5 nitrogen and oxygen atoms in total. The van der Waals surface area contributed by atoms with E-state index in [-0.39, 0.29) is 5.91 Å². The van der Waals surface area contributed by atoms with Crippen LogP contribution >= 0.6 is 11.8 Å². The molecular weight excluding hydrogens is 358 g/mol. The second-order valence-corrected chi connectivity index (χ2v) is 7.74. The van der Waals surface area contributed by atoms with Gasteiger partial charge in [-0.15, -0.1) is 11.8 Å². The maximum Gasteiger partial charge on any atom is 0.256 e. The van der Waals surface area contributed by atoms with E-state index in [9.17, 15) is 4.79 Å². The molecule has 0 radical (unpaired) electrons. The number of amides is 1. The average Bonchev–Trinajstić information content (AvgIpc) is 3.32. The zero-order chi connectivity index (χ0) is 18.8. The lowest BCUT2D eigenvalue weighted by Gasteiger charge is -2.16. The van der Waals surface area contributed by atoms with Gasteiger partial charge in [-0.25, -0.2) is 4.98 Å². The van der Waals surface area contributed by atoms with Gasteiger partial charge in [-0.1, -0.05) is 25.1 Å². The van der Waals surface area contributed by atoms with Crippen molar-refractivity contribution in [3.8, 4) is 0 Å². The lowest BCUT2D eigenvalue weighted by Crippen LogP contribution is -2.13. The number of carbonyl (C=O) groups is 1. The molecule has 3 aromatic rings. The molecule has 6 heteroatoms. The molecule has 1 N–H and O–H groups in total. The Morgan fingerprint density at radius 3 is 2.67 bits per heavy atom. The van der Waals surface area contributed by atoms with E-state index in [1.807, 2.05) is 19.1 Å². The highest BCUT2D eigenvalue weighted by molar-refractivity contribution is 8.08. The maximum atomic E-state index is 12.4. The van der Waals surface area contributed by atoms with Crippen LogP contribution in [0.5, 0.6) is 0 Å². The largest absolute Gasteiger partial charge is 0.443 e. The molecule has 2 atom stereocenters. The van der Waals surface area contributed by atoms with Crippen LogP contribution in [0.1, 0.15) is 39.4 Å². The molecule has 3 heterocycles. The Hall–Kier alpha value is -2.86. The molecule has 0 saturated carbocycles. The van der Waals surface area contributed by atoms with Gasteiger partial charge in [0.05, 0.1) is 6.20 Å². The topological polar surface area (TPSA) is 68.0 Å². The van der Waals surface area contributed by atoms with Crippen LogP contribution in [0.2, 0.25) is 0 Å². The van der Waals surface area contributed by atoms with Crippen LogP contribution in [-0.2, 0) is 0 Å². The third kappa shape index (κ3) is 3.66. The molecule has 4 rings (SSSR count). The fraction of sp³-hybridized carbons (Fsp3) is 0.190. The van der Waals surface area contributed by atoms with E-state index >= 15 is 0 Å². The summed E-state index contributed by atoms with van der Waals surface area (Å²) in [4.78, 5) is 21.6. The van der Waals surface area contributed by atoms with E-state index in [1.165, 1.54) is 12.0 Å². The molecule has 0 bridgehead atoms. The van der Waals surface area contributed by atoms with E-state index in [0.717, 1.165) is 21.9 Å². The number of benzene rings is 1. The number of aromatic nitrogens is 2. The number of rotatable bonds is 4. The van der Waals surface area contributed by atoms with Crippen molar-refractivity contribution < 1.29 is 9.21 Å². The molecule has 0 fully saturated rings. The van der Waals surface area contributed by atoms with Gasteiger partial charge in [0.2, 0.25) is 0 Å². The van der Waals surface area contributed by atoms with Crippen LogP contribution in [0.15, 0.2) is 65.8 Å². The number of nitrogens with zero attached hydrogens (tertiary/aromatic N) is 2. The summed E-state index contributed by atoms with van der Waals surface area (Å²) in [7, 11) is 0. The van der Waals surface area contributed by atoms with E-state index in [4.69, 9.17) is 4.42 Å². The first kappa shape index (κ1) is 17.5. The summed E-state index contributed by atoms with van der Waals surface area (Å²) >= 11 is 1.78. The van der Waals surface area contributed by atoms with Gasteiger partial charge in [0.25, 0.3) is 5.91 Å². The molecule has 1 aliphatic rings. The third-order valence-electron chi connectivity index (χ3n) is 4.58. The van der Waals surface area contributed by atoms with Crippen molar-refractivity contribution in [3.63, 3.8) is 0 Å².